The van der Waals surface area contributed by atoms with Crippen molar-refractivity contribution in [1.82, 2.24) is 20.1 Å². The van der Waals surface area contributed by atoms with Crippen molar-refractivity contribution in [2.45, 2.75) is 44.7 Å². The predicted octanol–water partition coefficient (Wildman–Crippen LogP) is 3.57. The first-order valence-electron chi connectivity index (χ1n) is 10.1. The van der Waals surface area contributed by atoms with E-state index in [1.54, 1.807) is 0 Å². The number of fused-ring (bicyclic) bond motifs is 2. The molecule has 5 heteroatoms. The molecule has 4 rings (SSSR count). The Hall–Kier alpha value is -2.27. The number of urea groups is 1. The fourth-order valence-corrected chi connectivity index (χ4v) is 5.11. The number of nitrogens with zero attached hydrogens (tertiary/aromatic N) is 2. The van der Waals surface area contributed by atoms with Gasteiger partial charge in [-0.25, -0.2) is 4.79 Å². The minimum Gasteiger partial charge on any atom is -0.355 e. The minimum absolute atomic E-state index is 0.0575. The number of aromatic nitrogens is 1. The molecule has 1 aliphatic carbocycles. The number of rotatable bonds is 4. The van der Waals surface area contributed by atoms with Gasteiger partial charge in [0.05, 0.1) is 0 Å². The van der Waals surface area contributed by atoms with E-state index in [9.17, 15) is 4.79 Å². The van der Waals surface area contributed by atoms with Gasteiger partial charge in [0.2, 0.25) is 0 Å². The molecule has 3 atom stereocenters. The van der Waals surface area contributed by atoms with Crippen LogP contribution in [0.15, 0.2) is 24.8 Å². The molecule has 1 saturated heterocycles. The monoisotopic (exact) mass is 366 g/mol. The maximum Gasteiger partial charge on any atom is 0.317 e. The lowest BCUT2D eigenvalue weighted by Crippen LogP contribution is -2.56. The average Bonchev–Trinajstić information content (AvgIpc) is 3.03. The van der Waals surface area contributed by atoms with Crippen LogP contribution in [-0.4, -0.2) is 59.6 Å². The fourth-order valence-electron chi connectivity index (χ4n) is 5.11. The van der Waals surface area contributed by atoms with Gasteiger partial charge >= 0.3 is 6.03 Å². The Labute approximate surface area is 161 Å². The van der Waals surface area contributed by atoms with Gasteiger partial charge in [-0.15, -0.1) is 0 Å². The van der Waals surface area contributed by atoms with Crippen molar-refractivity contribution >= 4 is 23.0 Å². The first-order chi connectivity index (χ1) is 13.1. The minimum atomic E-state index is 0.0575. The topological polar surface area (TPSA) is 51.4 Å². The Kier molecular flexibility index (Phi) is 4.72. The van der Waals surface area contributed by atoms with E-state index in [1.807, 2.05) is 24.8 Å². The van der Waals surface area contributed by atoms with E-state index in [1.165, 1.54) is 22.0 Å². The zero-order chi connectivity index (χ0) is 19.1. The zero-order valence-corrected chi connectivity index (χ0v) is 16.6. The Bertz CT molecular complexity index is 867. The van der Waals surface area contributed by atoms with Gasteiger partial charge in [-0.1, -0.05) is 18.7 Å². The quantitative estimate of drug-likeness (QED) is 0.869. The van der Waals surface area contributed by atoms with Crippen molar-refractivity contribution in [2.24, 2.45) is 0 Å². The van der Waals surface area contributed by atoms with Gasteiger partial charge in [-0.05, 0) is 57.0 Å². The van der Waals surface area contributed by atoms with E-state index < -0.39 is 0 Å². The molecule has 0 radical (unpaired) electrons. The van der Waals surface area contributed by atoms with Crippen LogP contribution in [0, 0.1) is 0 Å². The summed E-state index contributed by atoms with van der Waals surface area (Å²) in [5.74, 6) is 0.440. The molecule has 1 unspecified atom stereocenters. The zero-order valence-electron chi connectivity index (χ0n) is 16.6. The molecule has 1 aromatic heterocycles. The van der Waals surface area contributed by atoms with Gasteiger partial charge in [-0.3, -0.25) is 0 Å². The van der Waals surface area contributed by atoms with E-state index in [-0.39, 0.29) is 12.1 Å². The molecule has 0 bridgehead atoms. The molecule has 2 amide bonds. The highest BCUT2D eigenvalue weighted by molar-refractivity contribution is 5.91. The van der Waals surface area contributed by atoms with Crippen LogP contribution in [0.5, 0.6) is 0 Å². The summed E-state index contributed by atoms with van der Waals surface area (Å²) in [6, 6.07) is 7.28. The third-order valence-corrected chi connectivity index (χ3v) is 6.47. The van der Waals surface area contributed by atoms with Crippen molar-refractivity contribution in [2.75, 3.05) is 26.7 Å². The third-order valence-electron chi connectivity index (χ3n) is 6.47. The molecular weight excluding hydrogens is 336 g/mol. The van der Waals surface area contributed by atoms with E-state index in [0.717, 1.165) is 38.2 Å². The standard InChI is InChI=1S/C22H30N4O/c1-5-18-17-12-20-16(15-9-8-10-19(24-18)21(15)17)11-14(13-25(20)4)23-22(27)26(6-2)7-3/h5,8-10,14,16,20,24H,1,6-7,11-13H2,2-4H3,(H,23,27)/t14-,16?,20+/m0/s1. The van der Waals surface area contributed by atoms with Crippen molar-refractivity contribution in [3.63, 3.8) is 0 Å². The summed E-state index contributed by atoms with van der Waals surface area (Å²) < 4.78 is 0. The number of benzene rings is 1. The Morgan fingerprint density at radius 2 is 2.19 bits per heavy atom. The number of hydrogen-bond acceptors (Lipinski definition) is 2. The first kappa shape index (κ1) is 18.1. The molecule has 2 heterocycles. The molecule has 1 aliphatic heterocycles. The van der Waals surface area contributed by atoms with Crippen LogP contribution in [0.3, 0.4) is 0 Å². The highest BCUT2D eigenvalue weighted by Gasteiger charge is 2.40. The summed E-state index contributed by atoms with van der Waals surface area (Å²) >= 11 is 0. The molecule has 27 heavy (non-hydrogen) atoms. The Morgan fingerprint density at radius 1 is 1.41 bits per heavy atom. The second-order valence-electron chi connectivity index (χ2n) is 7.86. The van der Waals surface area contributed by atoms with Crippen LogP contribution < -0.4 is 5.32 Å². The number of piperidine rings is 1. The van der Waals surface area contributed by atoms with Gasteiger partial charge in [0.15, 0.2) is 0 Å². The maximum absolute atomic E-state index is 12.6. The highest BCUT2D eigenvalue weighted by Crippen LogP contribution is 2.44. The molecule has 144 valence electrons. The molecule has 0 spiro atoms. The van der Waals surface area contributed by atoms with Gasteiger partial charge in [0.25, 0.3) is 0 Å². The van der Waals surface area contributed by atoms with Gasteiger partial charge in [0, 0.05) is 54.2 Å². The number of aromatic amines is 1. The van der Waals surface area contributed by atoms with E-state index in [0.29, 0.717) is 12.0 Å². The second-order valence-corrected chi connectivity index (χ2v) is 7.86. The number of hydrogen-bond donors (Lipinski definition) is 2. The first-order valence-corrected chi connectivity index (χ1v) is 10.1. The van der Waals surface area contributed by atoms with Crippen molar-refractivity contribution < 1.29 is 4.79 Å². The normalized spacial score (nSPS) is 24.5. The molecule has 5 nitrogen and oxygen atoms in total. The van der Waals surface area contributed by atoms with Crippen molar-refractivity contribution in [1.29, 1.82) is 0 Å². The summed E-state index contributed by atoms with van der Waals surface area (Å²) in [5.41, 5.74) is 5.17. The number of likely N-dealkylation sites (N-methyl/N-ethyl adjacent to an activating group) is 1. The predicted molar refractivity (Wildman–Crippen MR) is 111 cm³/mol. The number of carbonyl (C=O) groups excluding carboxylic acids is 1. The number of H-pyrrole nitrogens is 1. The number of carbonyl (C=O) groups is 1. The molecule has 2 aromatic rings. The summed E-state index contributed by atoms with van der Waals surface area (Å²) in [6.45, 7) is 10.4. The van der Waals surface area contributed by atoms with Crippen LogP contribution >= 0.6 is 0 Å². The molecule has 0 saturated carbocycles. The van der Waals surface area contributed by atoms with Crippen molar-refractivity contribution in [3.05, 3.63) is 41.6 Å². The van der Waals surface area contributed by atoms with Crippen LogP contribution in [-0.2, 0) is 6.42 Å². The second kappa shape index (κ2) is 7.04. The van der Waals surface area contributed by atoms with Crippen LogP contribution in [0.4, 0.5) is 4.79 Å². The molecular formula is C22H30N4O. The molecule has 2 aliphatic rings. The number of likely N-dealkylation sites (tertiary alicyclic amines) is 1. The fraction of sp³-hybridized carbons (Fsp3) is 0.500. The summed E-state index contributed by atoms with van der Waals surface area (Å²) in [6.07, 6.45) is 3.97. The maximum atomic E-state index is 12.6. The van der Waals surface area contributed by atoms with Crippen LogP contribution in [0.1, 0.15) is 43.0 Å². The largest absolute Gasteiger partial charge is 0.355 e. The molecule has 1 aromatic carbocycles. The lowest BCUT2D eigenvalue weighted by Gasteiger charge is -2.46. The Balaban J connectivity index is 1.65. The lowest BCUT2D eigenvalue weighted by atomic mass is 9.73. The SMILES string of the molecule is C=Cc1[nH]c2cccc3c2c1C[C@@H]1C3C[C@H](NC(=O)N(CC)CC)CN1C. The van der Waals surface area contributed by atoms with Crippen molar-refractivity contribution in [3.8, 4) is 0 Å². The lowest BCUT2D eigenvalue weighted by molar-refractivity contribution is 0.124. The molecule has 1 fully saturated rings. The smallest absolute Gasteiger partial charge is 0.317 e. The van der Waals surface area contributed by atoms with Crippen LogP contribution in [0.25, 0.3) is 17.0 Å². The third kappa shape index (κ3) is 2.94. The number of amides is 2. The Morgan fingerprint density at radius 3 is 2.89 bits per heavy atom. The van der Waals surface area contributed by atoms with Gasteiger partial charge < -0.3 is 20.1 Å². The van der Waals surface area contributed by atoms with E-state index >= 15 is 0 Å². The van der Waals surface area contributed by atoms with Gasteiger partial charge in [-0.2, -0.15) is 0 Å². The summed E-state index contributed by atoms with van der Waals surface area (Å²) in [7, 11) is 2.19. The average molecular weight is 367 g/mol. The van der Waals surface area contributed by atoms with Gasteiger partial charge in [0.1, 0.15) is 0 Å². The van der Waals surface area contributed by atoms with Crippen LogP contribution in [0.2, 0.25) is 0 Å². The number of nitrogens with one attached hydrogen (secondary N) is 2. The molecule has 2 N–H and O–H groups in total. The van der Waals surface area contributed by atoms with E-state index in [4.69, 9.17) is 0 Å². The summed E-state index contributed by atoms with van der Waals surface area (Å²) in [5, 5.41) is 4.65. The summed E-state index contributed by atoms with van der Waals surface area (Å²) in [4.78, 5) is 20.4. The van der Waals surface area contributed by atoms with E-state index in [2.05, 4.69) is 47.0 Å². The highest BCUT2D eigenvalue weighted by atomic mass is 16.2.